The fraction of sp³-hybridized carbons (Fsp3) is 0.0556. The summed E-state index contributed by atoms with van der Waals surface area (Å²) in [4.78, 5) is 25.3. The van der Waals surface area contributed by atoms with Gasteiger partial charge in [-0.2, -0.15) is 0 Å². The van der Waals surface area contributed by atoms with Crippen LogP contribution in [0.4, 0.5) is 0 Å². The normalized spacial score (nSPS) is 11.0. The van der Waals surface area contributed by atoms with E-state index in [1.807, 2.05) is 60.7 Å². The predicted octanol–water partition coefficient (Wildman–Crippen LogP) is 7.79. The number of esters is 2. The summed E-state index contributed by atoms with van der Waals surface area (Å²) in [6.45, 7) is -0.352. The molecule has 6 aromatic carbocycles. The van der Waals surface area contributed by atoms with Crippen LogP contribution < -0.4 is 0 Å². The van der Waals surface area contributed by atoms with Crippen molar-refractivity contribution in [2.75, 3.05) is 0 Å². The third kappa shape index (κ3) is 5.13. The number of aromatic hydroxyl groups is 2. The average Bonchev–Trinajstić information content (AvgIpc) is 3.04. The van der Waals surface area contributed by atoms with Crippen molar-refractivity contribution in [3.63, 3.8) is 0 Å². The minimum Gasteiger partial charge on any atom is -0.507 e. The summed E-state index contributed by atoms with van der Waals surface area (Å²) in [5.74, 6) is -1.26. The van der Waals surface area contributed by atoms with Crippen LogP contribution in [0.15, 0.2) is 121 Å². The molecule has 0 bridgehead atoms. The fourth-order valence-corrected chi connectivity index (χ4v) is 5.12. The molecule has 0 aliphatic carbocycles. The van der Waals surface area contributed by atoms with E-state index in [1.165, 1.54) is 0 Å². The Bertz CT molecular complexity index is 1790. The molecule has 0 aliphatic heterocycles. The molecule has 0 aromatic heterocycles. The number of phenolic OH excluding ortho intramolecular Hbond substituents is 2. The molecular formula is C36H26O6. The van der Waals surface area contributed by atoms with Gasteiger partial charge in [-0.1, -0.05) is 84.9 Å². The maximum Gasteiger partial charge on any atom is 0.338 e. The van der Waals surface area contributed by atoms with Gasteiger partial charge in [0, 0.05) is 22.3 Å². The minimum atomic E-state index is -0.514. The third-order valence-corrected chi connectivity index (χ3v) is 7.19. The van der Waals surface area contributed by atoms with Crippen molar-refractivity contribution in [1.29, 1.82) is 0 Å². The molecule has 6 aromatic rings. The lowest BCUT2D eigenvalue weighted by Crippen LogP contribution is -2.06. The number of carbonyl (C=O) groups excluding carboxylic acids is 2. The Kier molecular flexibility index (Phi) is 7.26. The summed E-state index contributed by atoms with van der Waals surface area (Å²) in [6, 6.07) is 35.8. The molecule has 0 saturated carbocycles. The second-order valence-electron chi connectivity index (χ2n) is 9.85. The maximum absolute atomic E-state index is 12.7. The van der Waals surface area contributed by atoms with Crippen molar-refractivity contribution in [2.24, 2.45) is 0 Å². The van der Waals surface area contributed by atoms with E-state index in [9.17, 15) is 19.8 Å². The van der Waals surface area contributed by atoms with Gasteiger partial charge in [0.2, 0.25) is 0 Å². The van der Waals surface area contributed by atoms with Gasteiger partial charge in [0.1, 0.15) is 24.7 Å². The van der Waals surface area contributed by atoms with E-state index >= 15 is 0 Å². The lowest BCUT2D eigenvalue weighted by molar-refractivity contribution is 0.0461. The third-order valence-electron chi connectivity index (χ3n) is 7.19. The van der Waals surface area contributed by atoms with Crippen LogP contribution in [-0.4, -0.2) is 22.2 Å². The van der Waals surface area contributed by atoms with E-state index in [2.05, 4.69) is 0 Å². The van der Waals surface area contributed by atoms with Crippen LogP contribution in [0.3, 0.4) is 0 Å². The van der Waals surface area contributed by atoms with Crippen molar-refractivity contribution >= 4 is 33.5 Å². The summed E-state index contributed by atoms with van der Waals surface area (Å²) < 4.78 is 11.1. The molecule has 6 nitrogen and oxygen atoms in total. The molecule has 0 saturated heterocycles. The summed E-state index contributed by atoms with van der Waals surface area (Å²) in [5, 5.41) is 26.3. The lowest BCUT2D eigenvalue weighted by atomic mass is 9.89. The Hall–Kier alpha value is -5.62. The molecule has 0 atom stereocenters. The van der Waals surface area contributed by atoms with Crippen molar-refractivity contribution in [1.82, 2.24) is 0 Å². The molecule has 0 heterocycles. The highest BCUT2D eigenvalue weighted by Crippen LogP contribution is 2.47. The molecule has 0 unspecified atom stereocenters. The molecule has 6 heteroatoms. The zero-order valence-corrected chi connectivity index (χ0v) is 22.5. The zero-order valence-electron chi connectivity index (χ0n) is 22.5. The van der Waals surface area contributed by atoms with Crippen LogP contribution in [0.5, 0.6) is 11.5 Å². The zero-order chi connectivity index (χ0) is 29.1. The quantitative estimate of drug-likeness (QED) is 0.196. The van der Waals surface area contributed by atoms with Gasteiger partial charge in [0.15, 0.2) is 0 Å². The topological polar surface area (TPSA) is 93.1 Å². The molecule has 0 spiro atoms. The summed E-state index contributed by atoms with van der Waals surface area (Å²) in [6.07, 6.45) is 0. The van der Waals surface area contributed by atoms with Crippen LogP contribution in [0.1, 0.15) is 31.8 Å². The second-order valence-corrected chi connectivity index (χ2v) is 9.85. The van der Waals surface area contributed by atoms with E-state index in [4.69, 9.17) is 9.47 Å². The van der Waals surface area contributed by atoms with Crippen LogP contribution in [0, 0.1) is 0 Å². The highest BCUT2D eigenvalue weighted by molar-refractivity contribution is 6.10. The maximum atomic E-state index is 12.7. The highest BCUT2D eigenvalue weighted by atomic mass is 16.5. The number of benzene rings is 6. The number of carbonyl (C=O) groups is 2. The highest BCUT2D eigenvalue weighted by Gasteiger charge is 2.23. The Morgan fingerprint density at radius 2 is 0.857 bits per heavy atom. The molecule has 0 aliphatic rings. The first-order valence-electron chi connectivity index (χ1n) is 13.4. The first-order valence-corrected chi connectivity index (χ1v) is 13.4. The first kappa shape index (κ1) is 26.6. The number of ether oxygens (including phenoxy) is 2. The van der Waals surface area contributed by atoms with E-state index in [0.717, 1.165) is 10.8 Å². The van der Waals surface area contributed by atoms with E-state index in [0.29, 0.717) is 44.2 Å². The summed E-state index contributed by atoms with van der Waals surface area (Å²) in [7, 11) is 0. The minimum absolute atomic E-state index is 0.117. The molecule has 2 N–H and O–H groups in total. The molecule has 42 heavy (non-hydrogen) atoms. The summed E-state index contributed by atoms with van der Waals surface area (Å²) >= 11 is 0. The largest absolute Gasteiger partial charge is 0.507 e. The molecule has 0 fully saturated rings. The monoisotopic (exact) mass is 554 g/mol. The SMILES string of the molecule is O=C(OCc1cc2ccccc2c(-c2c(O)c(COC(=O)c3ccccc3)cc3ccccc23)c1O)c1ccccc1. The van der Waals surface area contributed by atoms with Gasteiger partial charge in [0.25, 0.3) is 0 Å². The van der Waals surface area contributed by atoms with Gasteiger partial charge < -0.3 is 19.7 Å². The Balaban J connectivity index is 1.45. The Morgan fingerprint density at radius 3 is 1.26 bits per heavy atom. The van der Waals surface area contributed by atoms with E-state index in [1.54, 1.807) is 60.7 Å². The smallest absolute Gasteiger partial charge is 0.338 e. The molecule has 206 valence electrons. The molecular weight excluding hydrogens is 528 g/mol. The average molecular weight is 555 g/mol. The van der Waals surface area contributed by atoms with Crippen molar-refractivity contribution in [2.45, 2.75) is 13.2 Å². The molecule has 6 rings (SSSR count). The summed E-state index contributed by atoms with van der Waals surface area (Å²) in [5.41, 5.74) is 2.36. The van der Waals surface area contributed by atoms with E-state index in [-0.39, 0.29) is 24.7 Å². The van der Waals surface area contributed by atoms with Gasteiger partial charge in [-0.15, -0.1) is 0 Å². The second kappa shape index (κ2) is 11.5. The Labute approximate surface area is 242 Å². The van der Waals surface area contributed by atoms with Crippen LogP contribution >= 0.6 is 0 Å². The van der Waals surface area contributed by atoms with Gasteiger partial charge >= 0.3 is 11.9 Å². The number of phenols is 2. The van der Waals surface area contributed by atoms with Gasteiger partial charge in [-0.3, -0.25) is 0 Å². The fourth-order valence-electron chi connectivity index (χ4n) is 5.12. The lowest BCUT2D eigenvalue weighted by Gasteiger charge is -2.19. The predicted molar refractivity (Wildman–Crippen MR) is 161 cm³/mol. The number of fused-ring (bicyclic) bond motifs is 2. The Morgan fingerprint density at radius 1 is 0.500 bits per heavy atom. The van der Waals surface area contributed by atoms with Gasteiger partial charge in [-0.05, 0) is 57.9 Å². The number of rotatable bonds is 7. The van der Waals surface area contributed by atoms with Crippen LogP contribution in [0.25, 0.3) is 32.7 Å². The van der Waals surface area contributed by atoms with Crippen molar-refractivity contribution < 1.29 is 29.3 Å². The van der Waals surface area contributed by atoms with Crippen LogP contribution in [0.2, 0.25) is 0 Å². The molecule has 0 amide bonds. The standard InChI is InChI=1S/C36H26O6/c37-33-27(21-41-35(39)23-11-3-1-4-12-23)19-25-15-7-9-17-29(25)31(33)32-30-18-10-8-16-26(30)20-28(34(32)38)22-42-36(40)24-13-5-2-6-14-24/h1-20,37-38H,21-22H2. The van der Waals surface area contributed by atoms with Gasteiger partial charge in [0.05, 0.1) is 11.1 Å². The molecule has 0 radical (unpaired) electrons. The number of hydrogen-bond donors (Lipinski definition) is 2. The first-order chi connectivity index (χ1) is 20.5. The number of hydrogen-bond acceptors (Lipinski definition) is 6. The van der Waals surface area contributed by atoms with Crippen molar-refractivity contribution in [3.05, 3.63) is 144 Å². The van der Waals surface area contributed by atoms with Gasteiger partial charge in [-0.25, -0.2) is 9.59 Å². The van der Waals surface area contributed by atoms with Crippen molar-refractivity contribution in [3.8, 4) is 22.6 Å². The van der Waals surface area contributed by atoms with E-state index < -0.39 is 11.9 Å². The van der Waals surface area contributed by atoms with Crippen LogP contribution in [-0.2, 0) is 22.7 Å².